The lowest BCUT2D eigenvalue weighted by Gasteiger charge is -2.07. The van der Waals surface area contributed by atoms with Gasteiger partial charge in [-0.15, -0.1) is 0 Å². The average Bonchev–Trinajstić information content (AvgIpc) is 2.79. The van der Waals surface area contributed by atoms with Crippen molar-refractivity contribution in [3.8, 4) is 0 Å². The van der Waals surface area contributed by atoms with Crippen molar-refractivity contribution >= 4 is 32.7 Å². The van der Waals surface area contributed by atoms with E-state index in [-0.39, 0.29) is 5.56 Å². The van der Waals surface area contributed by atoms with Gasteiger partial charge in [0.15, 0.2) is 0 Å². The zero-order valence-electron chi connectivity index (χ0n) is 11.4. The predicted molar refractivity (Wildman–Crippen MR) is 83.2 cm³/mol. The van der Waals surface area contributed by atoms with Gasteiger partial charge in [0.05, 0.1) is 16.4 Å². The van der Waals surface area contributed by atoms with Crippen LogP contribution in [0.25, 0.3) is 32.7 Å². The van der Waals surface area contributed by atoms with Crippen LogP contribution in [0.3, 0.4) is 0 Å². The van der Waals surface area contributed by atoms with Crippen molar-refractivity contribution < 1.29 is 0 Å². The molecule has 0 fully saturated rings. The number of aryl methyl sites for hydroxylation is 2. The molecule has 0 amide bonds. The molecule has 4 aromatic rings. The highest BCUT2D eigenvalue weighted by atomic mass is 16.1. The van der Waals surface area contributed by atoms with Crippen LogP contribution in [-0.2, 0) is 14.1 Å². The van der Waals surface area contributed by atoms with Crippen LogP contribution >= 0.6 is 0 Å². The lowest BCUT2D eigenvalue weighted by Crippen LogP contribution is -2.17. The van der Waals surface area contributed by atoms with E-state index < -0.39 is 0 Å². The summed E-state index contributed by atoms with van der Waals surface area (Å²) in [5, 5.41) is 2.95. The quantitative estimate of drug-likeness (QED) is 0.478. The lowest BCUT2D eigenvalue weighted by atomic mass is 10.1. The molecule has 2 heterocycles. The smallest absolute Gasteiger partial charge is 0.260 e. The molecule has 2 aromatic heterocycles. The van der Waals surface area contributed by atoms with Gasteiger partial charge in [0.2, 0.25) is 0 Å². The van der Waals surface area contributed by atoms with E-state index in [1.165, 1.54) is 0 Å². The Morgan fingerprint density at radius 2 is 1.30 bits per heavy atom. The van der Waals surface area contributed by atoms with E-state index in [2.05, 4.69) is 16.7 Å². The molecule has 0 aliphatic carbocycles. The normalized spacial score (nSPS) is 11.7. The van der Waals surface area contributed by atoms with Gasteiger partial charge in [0.25, 0.3) is 5.56 Å². The largest absolute Gasteiger partial charge is 0.343 e. The maximum absolute atomic E-state index is 12.7. The van der Waals surface area contributed by atoms with Gasteiger partial charge in [-0.1, -0.05) is 36.4 Å². The Balaban J connectivity index is 2.50. The first-order valence-corrected chi connectivity index (χ1v) is 6.65. The monoisotopic (exact) mass is 262 g/mol. The van der Waals surface area contributed by atoms with Gasteiger partial charge in [-0.05, 0) is 12.1 Å². The van der Waals surface area contributed by atoms with Crippen molar-refractivity contribution in [1.82, 2.24) is 9.13 Å². The zero-order valence-corrected chi connectivity index (χ0v) is 11.4. The van der Waals surface area contributed by atoms with Crippen LogP contribution in [0.4, 0.5) is 0 Å². The highest BCUT2D eigenvalue weighted by molar-refractivity contribution is 6.16. The number of rotatable bonds is 0. The highest BCUT2D eigenvalue weighted by Gasteiger charge is 2.15. The van der Waals surface area contributed by atoms with E-state index in [0.29, 0.717) is 0 Å². The summed E-state index contributed by atoms with van der Waals surface area (Å²) in [6.07, 6.45) is 0. The molecular formula is C17H14N2O. The molecule has 0 spiro atoms. The molecule has 0 saturated heterocycles. The second-order valence-electron chi connectivity index (χ2n) is 5.18. The van der Waals surface area contributed by atoms with Crippen molar-refractivity contribution in [2.75, 3.05) is 0 Å². The van der Waals surface area contributed by atoms with Crippen molar-refractivity contribution in [1.29, 1.82) is 0 Å². The van der Waals surface area contributed by atoms with E-state index >= 15 is 0 Å². The zero-order chi connectivity index (χ0) is 13.9. The Hall–Kier alpha value is -2.55. The summed E-state index contributed by atoms with van der Waals surface area (Å²) >= 11 is 0. The van der Waals surface area contributed by atoms with Crippen LogP contribution in [-0.4, -0.2) is 9.13 Å². The molecule has 0 aliphatic rings. The van der Waals surface area contributed by atoms with E-state index in [4.69, 9.17) is 0 Å². The van der Waals surface area contributed by atoms with Crippen LogP contribution < -0.4 is 5.56 Å². The minimum absolute atomic E-state index is 0.0653. The fourth-order valence-electron chi connectivity index (χ4n) is 3.17. The molecule has 0 unspecified atom stereocenters. The van der Waals surface area contributed by atoms with Crippen LogP contribution in [0.1, 0.15) is 0 Å². The molecule has 2 aromatic carbocycles. The molecular weight excluding hydrogens is 248 g/mol. The number of pyridine rings is 1. The molecule has 0 N–H and O–H groups in total. The third kappa shape index (κ3) is 1.22. The Kier molecular flexibility index (Phi) is 2.11. The van der Waals surface area contributed by atoms with Gasteiger partial charge in [-0.3, -0.25) is 4.79 Å². The van der Waals surface area contributed by atoms with Gasteiger partial charge in [0, 0.05) is 30.4 Å². The van der Waals surface area contributed by atoms with Crippen LogP contribution in [0, 0.1) is 0 Å². The lowest BCUT2D eigenvalue weighted by molar-refractivity contribution is 0.916. The first-order valence-electron chi connectivity index (χ1n) is 6.65. The van der Waals surface area contributed by atoms with E-state index in [9.17, 15) is 4.79 Å². The number of nitrogens with zero attached hydrogens (tertiary/aromatic N) is 2. The summed E-state index contributed by atoms with van der Waals surface area (Å²) in [7, 11) is 3.86. The molecule has 0 atom stereocenters. The Labute approximate surface area is 115 Å². The SMILES string of the molecule is Cn1c(=O)c2c3ccccc3n(C)c2c2ccccc21. The predicted octanol–water partition coefficient (Wildman–Crippen LogP) is 3.18. The minimum Gasteiger partial charge on any atom is -0.343 e. The first kappa shape index (κ1) is 11.3. The fraction of sp³-hybridized carbons (Fsp3) is 0.118. The van der Waals surface area contributed by atoms with E-state index in [1.54, 1.807) is 4.57 Å². The standard InChI is InChI=1S/C17H14N2O/c1-18-13-9-5-3-7-11(13)15-16(18)12-8-4-6-10-14(12)19(2)17(15)20/h3-10H,1-2H3. The molecule has 3 nitrogen and oxygen atoms in total. The maximum atomic E-state index is 12.7. The topological polar surface area (TPSA) is 26.9 Å². The Bertz CT molecular complexity index is 1040. The van der Waals surface area contributed by atoms with Crippen LogP contribution in [0.5, 0.6) is 0 Å². The van der Waals surface area contributed by atoms with Gasteiger partial charge >= 0.3 is 0 Å². The summed E-state index contributed by atoms with van der Waals surface area (Å²) < 4.78 is 3.86. The molecule has 0 aliphatic heterocycles. The molecule has 4 rings (SSSR count). The number of hydrogen-bond donors (Lipinski definition) is 0. The van der Waals surface area contributed by atoms with Crippen molar-refractivity contribution in [2.24, 2.45) is 14.1 Å². The summed E-state index contributed by atoms with van der Waals surface area (Å²) in [6, 6.07) is 16.1. The third-order valence-electron chi connectivity index (χ3n) is 4.15. The third-order valence-corrected chi connectivity index (χ3v) is 4.15. The number of benzene rings is 2. The second kappa shape index (κ2) is 3.73. The first-order chi connectivity index (χ1) is 9.70. The van der Waals surface area contributed by atoms with Gasteiger partial charge in [-0.2, -0.15) is 0 Å². The summed E-state index contributed by atoms with van der Waals surface area (Å²) in [5.41, 5.74) is 3.15. The second-order valence-corrected chi connectivity index (χ2v) is 5.18. The number of fused-ring (bicyclic) bond motifs is 5. The molecule has 0 bridgehead atoms. The van der Waals surface area contributed by atoms with Gasteiger partial charge in [0.1, 0.15) is 0 Å². The molecule has 0 radical (unpaired) electrons. The van der Waals surface area contributed by atoms with Crippen LogP contribution in [0.15, 0.2) is 53.3 Å². The van der Waals surface area contributed by atoms with Crippen LogP contribution in [0.2, 0.25) is 0 Å². The van der Waals surface area contributed by atoms with Crippen molar-refractivity contribution in [3.63, 3.8) is 0 Å². The van der Waals surface area contributed by atoms with E-state index in [0.717, 1.165) is 32.7 Å². The number of hydrogen-bond acceptors (Lipinski definition) is 1. The summed E-state index contributed by atoms with van der Waals surface area (Å²) in [4.78, 5) is 12.7. The highest BCUT2D eigenvalue weighted by Crippen LogP contribution is 2.30. The Morgan fingerprint density at radius 3 is 2.00 bits per heavy atom. The maximum Gasteiger partial charge on any atom is 0.260 e. The molecule has 98 valence electrons. The summed E-state index contributed by atoms with van der Waals surface area (Å²) in [6.45, 7) is 0. The number of aromatic nitrogens is 2. The average molecular weight is 262 g/mol. The molecule has 20 heavy (non-hydrogen) atoms. The van der Waals surface area contributed by atoms with Crippen molar-refractivity contribution in [2.45, 2.75) is 0 Å². The Morgan fingerprint density at radius 1 is 0.750 bits per heavy atom. The van der Waals surface area contributed by atoms with E-state index in [1.807, 2.05) is 50.5 Å². The summed E-state index contributed by atoms with van der Waals surface area (Å²) in [5.74, 6) is 0. The number of para-hydroxylation sites is 2. The van der Waals surface area contributed by atoms with Gasteiger partial charge < -0.3 is 9.13 Å². The molecule has 3 heteroatoms. The fourth-order valence-corrected chi connectivity index (χ4v) is 3.17. The minimum atomic E-state index is 0.0653. The van der Waals surface area contributed by atoms with Crippen molar-refractivity contribution in [3.05, 3.63) is 58.9 Å². The molecule has 0 saturated carbocycles. The van der Waals surface area contributed by atoms with Gasteiger partial charge in [-0.25, -0.2) is 0 Å².